The Labute approximate surface area is 167 Å². The summed E-state index contributed by atoms with van der Waals surface area (Å²) in [6.45, 7) is 0. The van der Waals surface area contributed by atoms with E-state index >= 15 is 0 Å². The van der Waals surface area contributed by atoms with Crippen molar-refractivity contribution in [2.75, 3.05) is 18.7 Å². The van der Waals surface area contributed by atoms with E-state index in [-0.39, 0.29) is 11.7 Å². The Kier molecular flexibility index (Phi) is 6.14. The lowest BCUT2D eigenvalue weighted by Gasteiger charge is -2.04. The molecule has 2 aromatic carbocycles. The van der Waals surface area contributed by atoms with Crippen molar-refractivity contribution >= 4 is 29.6 Å². The molecule has 0 aliphatic rings. The molecule has 3 aromatic rings. The van der Waals surface area contributed by atoms with Gasteiger partial charge in [-0.25, -0.2) is 4.68 Å². The molecule has 1 aromatic heterocycles. The van der Waals surface area contributed by atoms with Crippen molar-refractivity contribution < 1.29 is 9.53 Å². The number of amides is 1. The molecule has 1 amide bonds. The highest BCUT2D eigenvalue weighted by Gasteiger charge is 2.19. The third-order valence-electron chi connectivity index (χ3n) is 3.93. The van der Waals surface area contributed by atoms with E-state index in [0.29, 0.717) is 10.6 Å². The monoisotopic (exact) mass is 390 g/mol. The summed E-state index contributed by atoms with van der Waals surface area (Å²) in [5.74, 6) is 0.620. The molecule has 0 saturated heterocycles. The number of methoxy groups -OCH3 is 1. The normalized spacial score (nSPS) is 10.6. The van der Waals surface area contributed by atoms with Crippen LogP contribution in [0.15, 0.2) is 65.7 Å². The van der Waals surface area contributed by atoms with Crippen molar-refractivity contribution in [2.24, 2.45) is 0 Å². The zero-order valence-corrected chi connectivity index (χ0v) is 16.2. The van der Waals surface area contributed by atoms with E-state index in [1.165, 1.54) is 17.8 Å². The van der Waals surface area contributed by atoms with Gasteiger partial charge in [-0.2, -0.15) is 5.26 Å². The van der Waals surface area contributed by atoms with Crippen molar-refractivity contribution in [1.29, 1.82) is 5.26 Å². The van der Waals surface area contributed by atoms with Gasteiger partial charge in [0.1, 0.15) is 22.4 Å². The smallest absolute Gasteiger partial charge is 0.249 e. The predicted octanol–water partition coefficient (Wildman–Crippen LogP) is 4.13. The summed E-state index contributed by atoms with van der Waals surface area (Å²) in [5.41, 5.74) is 2.01. The fourth-order valence-electron chi connectivity index (χ4n) is 2.57. The first-order chi connectivity index (χ1) is 13.7. The Balaban J connectivity index is 1.83. The number of carbonyl (C=O) groups excluding carboxylic acids is 1. The topological polar surface area (TPSA) is 79.9 Å². The van der Waals surface area contributed by atoms with Gasteiger partial charge in [-0.1, -0.05) is 30.3 Å². The van der Waals surface area contributed by atoms with Crippen LogP contribution in [0, 0.1) is 11.3 Å². The molecule has 0 atom stereocenters. The SMILES string of the molecule is COc1ccc(C=CC(=O)Nc2nn(-c3ccccc3)c(SC)c2C#N)cc1. The van der Waals surface area contributed by atoms with Crippen LogP contribution in [0.2, 0.25) is 0 Å². The summed E-state index contributed by atoms with van der Waals surface area (Å²) in [7, 11) is 1.60. The van der Waals surface area contributed by atoms with Crippen LogP contribution in [0.25, 0.3) is 11.8 Å². The van der Waals surface area contributed by atoms with Crippen molar-refractivity contribution in [2.45, 2.75) is 5.03 Å². The number of hydrogen-bond acceptors (Lipinski definition) is 5. The zero-order valence-electron chi connectivity index (χ0n) is 15.4. The van der Waals surface area contributed by atoms with Gasteiger partial charge in [-0.3, -0.25) is 4.79 Å². The van der Waals surface area contributed by atoms with Gasteiger partial charge >= 0.3 is 0 Å². The van der Waals surface area contributed by atoms with E-state index in [9.17, 15) is 10.1 Å². The fourth-order valence-corrected chi connectivity index (χ4v) is 3.23. The van der Waals surface area contributed by atoms with E-state index in [1.54, 1.807) is 17.9 Å². The van der Waals surface area contributed by atoms with Crippen LogP contribution < -0.4 is 10.1 Å². The number of hydrogen-bond donors (Lipinski definition) is 1. The molecule has 1 N–H and O–H groups in total. The predicted molar refractivity (Wildman–Crippen MR) is 111 cm³/mol. The number of ether oxygens (including phenoxy) is 1. The van der Waals surface area contributed by atoms with Crippen molar-refractivity contribution in [3.8, 4) is 17.5 Å². The Bertz CT molecular complexity index is 1030. The average Bonchev–Trinajstić information content (AvgIpc) is 3.10. The number of thioether (sulfide) groups is 1. The summed E-state index contributed by atoms with van der Waals surface area (Å²) in [6.07, 6.45) is 4.96. The molecule has 0 unspecified atom stereocenters. The number of rotatable bonds is 6. The van der Waals surface area contributed by atoms with E-state index in [1.807, 2.05) is 60.9 Å². The van der Waals surface area contributed by atoms with Gasteiger partial charge in [0.25, 0.3) is 0 Å². The summed E-state index contributed by atoms with van der Waals surface area (Å²) >= 11 is 1.40. The molecule has 3 rings (SSSR count). The summed E-state index contributed by atoms with van der Waals surface area (Å²) in [6, 6.07) is 18.9. The van der Waals surface area contributed by atoms with E-state index < -0.39 is 0 Å². The Morgan fingerprint density at radius 1 is 1.21 bits per heavy atom. The highest BCUT2D eigenvalue weighted by Crippen LogP contribution is 2.29. The van der Waals surface area contributed by atoms with Crippen LogP contribution >= 0.6 is 11.8 Å². The van der Waals surface area contributed by atoms with Gasteiger partial charge in [-0.15, -0.1) is 16.9 Å². The molecular weight excluding hydrogens is 372 g/mol. The molecule has 1 heterocycles. The Morgan fingerprint density at radius 3 is 2.54 bits per heavy atom. The highest BCUT2D eigenvalue weighted by atomic mass is 32.2. The lowest BCUT2D eigenvalue weighted by Crippen LogP contribution is -2.09. The Morgan fingerprint density at radius 2 is 1.93 bits per heavy atom. The molecule has 140 valence electrons. The zero-order chi connectivity index (χ0) is 19.9. The van der Waals surface area contributed by atoms with E-state index in [2.05, 4.69) is 16.5 Å². The van der Waals surface area contributed by atoms with E-state index in [4.69, 9.17) is 4.74 Å². The molecule has 0 radical (unpaired) electrons. The number of aromatic nitrogens is 2. The lowest BCUT2D eigenvalue weighted by molar-refractivity contribution is -0.111. The van der Waals surface area contributed by atoms with Gasteiger partial charge in [-0.05, 0) is 42.2 Å². The number of nitrogens with zero attached hydrogens (tertiary/aromatic N) is 3. The quantitative estimate of drug-likeness (QED) is 0.506. The third-order valence-corrected chi connectivity index (χ3v) is 4.70. The minimum atomic E-state index is -0.363. The summed E-state index contributed by atoms with van der Waals surface area (Å²) < 4.78 is 6.77. The van der Waals surface area contributed by atoms with Crippen molar-refractivity contribution in [3.63, 3.8) is 0 Å². The van der Waals surface area contributed by atoms with Crippen molar-refractivity contribution in [3.05, 3.63) is 71.8 Å². The van der Waals surface area contributed by atoms with Crippen LogP contribution in [0.4, 0.5) is 5.82 Å². The van der Waals surface area contributed by atoms with Crippen LogP contribution in [-0.2, 0) is 4.79 Å². The first kappa shape index (κ1) is 19.3. The first-order valence-electron chi connectivity index (χ1n) is 8.42. The minimum Gasteiger partial charge on any atom is -0.497 e. The van der Waals surface area contributed by atoms with Gasteiger partial charge in [0, 0.05) is 6.08 Å². The van der Waals surface area contributed by atoms with Gasteiger partial charge < -0.3 is 10.1 Å². The maximum atomic E-state index is 12.3. The second kappa shape index (κ2) is 8.93. The molecule has 7 heteroatoms. The van der Waals surface area contributed by atoms with Crippen LogP contribution in [0.3, 0.4) is 0 Å². The first-order valence-corrected chi connectivity index (χ1v) is 9.64. The lowest BCUT2D eigenvalue weighted by atomic mass is 10.2. The van der Waals surface area contributed by atoms with Crippen molar-refractivity contribution in [1.82, 2.24) is 9.78 Å². The number of carbonyl (C=O) groups is 1. The molecular formula is C21H18N4O2S. The molecule has 0 spiro atoms. The number of anilines is 1. The summed E-state index contributed by atoms with van der Waals surface area (Å²) in [5, 5.41) is 17.4. The number of benzene rings is 2. The molecule has 0 saturated carbocycles. The molecule has 0 aliphatic heterocycles. The number of nitriles is 1. The molecule has 0 aliphatic carbocycles. The fraction of sp³-hybridized carbons (Fsp3) is 0.0952. The molecule has 0 fully saturated rings. The number of nitrogens with one attached hydrogen (secondary N) is 1. The van der Waals surface area contributed by atoms with E-state index in [0.717, 1.165) is 17.0 Å². The highest BCUT2D eigenvalue weighted by molar-refractivity contribution is 7.98. The standard InChI is InChI=1S/C21H18N4O2S/c1-27-17-11-8-15(9-12-17)10-13-19(26)23-20-18(14-22)21(28-2)25(24-20)16-6-4-3-5-7-16/h3-13H,1-2H3,(H,23,24,26). The number of para-hydroxylation sites is 1. The maximum Gasteiger partial charge on any atom is 0.249 e. The molecule has 28 heavy (non-hydrogen) atoms. The van der Waals surface area contributed by atoms with Crippen LogP contribution in [-0.4, -0.2) is 29.1 Å². The average molecular weight is 390 g/mol. The second-order valence-electron chi connectivity index (χ2n) is 5.69. The molecule has 6 nitrogen and oxygen atoms in total. The minimum absolute atomic E-state index is 0.236. The Hall–Kier alpha value is -3.50. The second-order valence-corrected chi connectivity index (χ2v) is 6.48. The van der Waals surface area contributed by atoms with Crippen LogP contribution in [0.1, 0.15) is 11.1 Å². The van der Waals surface area contributed by atoms with Gasteiger partial charge in [0.15, 0.2) is 5.82 Å². The summed E-state index contributed by atoms with van der Waals surface area (Å²) in [4.78, 5) is 12.3. The third kappa shape index (κ3) is 4.24. The van der Waals surface area contributed by atoms with Crippen LogP contribution in [0.5, 0.6) is 5.75 Å². The molecule has 0 bridgehead atoms. The van der Waals surface area contributed by atoms with Gasteiger partial charge in [0.2, 0.25) is 5.91 Å². The van der Waals surface area contributed by atoms with Gasteiger partial charge in [0.05, 0.1) is 12.8 Å². The largest absolute Gasteiger partial charge is 0.497 e. The maximum absolute atomic E-state index is 12.3.